The zero-order valence-electron chi connectivity index (χ0n) is 14.7. The summed E-state index contributed by atoms with van der Waals surface area (Å²) >= 11 is 0. The fraction of sp³-hybridized carbons (Fsp3) is 0.474. The van der Waals surface area contributed by atoms with Crippen LogP contribution < -0.4 is 10.2 Å². The second-order valence-electron chi connectivity index (χ2n) is 6.66. The highest BCUT2D eigenvalue weighted by Crippen LogP contribution is 2.32. The van der Waals surface area contributed by atoms with Gasteiger partial charge in [-0.05, 0) is 24.1 Å². The van der Waals surface area contributed by atoms with Crippen LogP contribution in [0, 0.1) is 5.82 Å². The van der Waals surface area contributed by atoms with E-state index in [4.69, 9.17) is 9.47 Å². The number of benzene rings is 1. The van der Waals surface area contributed by atoms with Gasteiger partial charge in [-0.1, -0.05) is 12.1 Å². The zero-order valence-corrected chi connectivity index (χ0v) is 14.7. The molecule has 2 aliphatic rings. The van der Waals surface area contributed by atoms with Gasteiger partial charge in [-0.2, -0.15) is 0 Å². The molecule has 1 spiro atoms. The molecule has 1 aromatic carbocycles. The van der Waals surface area contributed by atoms with E-state index < -0.39 is 0 Å². The van der Waals surface area contributed by atoms with E-state index in [9.17, 15) is 4.39 Å². The Morgan fingerprint density at radius 1 is 1.08 bits per heavy atom. The average Bonchev–Trinajstić information content (AvgIpc) is 3.12. The minimum atomic E-state index is -0.375. The number of hydrogen-bond donors (Lipinski definition) is 1. The number of halogens is 1. The van der Waals surface area contributed by atoms with Gasteiger partial charge in [0, 0.05) is 38.5 Å². The van der Waals surface area contributed by atoms with Crippen molar-refractivity contribution in [2.24, 2.45) is 0 Å². The highest BCUT2D eigenvalue weighted by atomic mass is 19.1. The second kappa shape index (κ2) is 7.55. The Morgan fingerprint density at radius 2 is 1.81 bits per heavy atom. The minimum Gasteiger partial charge on any atom is -0.370 e. The van der Waals surface area contributed by atoms with Gasteiger partial charge in [0.15, 0.2) is 5.79 Å². The van der Waals surface area contributed by atoms with Crippen molar-refractivity contribution in [1.29, 1.82) is 0 Å². The standard InChI is InChI=1S/C19H23FN4O2/c20-16-3-1-15(2-4-16)5-8-21-17-13-18(23-14-22-17)24-9-6-19(7-10-24)25-11-12-26-19/h1-4,13-14H,5-12H2,(H,21,22,23). The Bertz CT molecular complexity index is 725. The summed E-state index contributed by atoms with van der Waals surface area (Å²) in [6.07, 6.45) is 4.09. The molecule has 2 aliphatic heterocycles. The Kier molecular flexibility index (Phi) is 4.99. The summed E-state index contributed by atoms with van der Waals surface area (Å²) in [4.78, 5) is 10.9. The molecule has 26 heavy (non-hydrogen) atoms. The smallest absolute Gasteiger partial charge is 0.171 e. The first-order chi connectivity index (χ1) is 12.7. The number of anilines is 2. The highest BCUT2D eigenvalue weighted by Gasteiger charge is 2.40. The third kappa shape index (κ3) is 3.94. The predicted octanol–water partition coefficient (Wildman–Crippen LogP) is 2.61. The molecular weight excluding hydrogens is 335 g/mol. The van der Waals surface area contributed by atoms with Gasteiger partial charge in [-0.3, -0.25) is 0 Å². The van der Waals surface area contributed by atoms with Crippen LogP contribution in [0.1, 0.15) is 18.4 Å². The molecule has 2 saturated heterocycles. The van der Waals surface area contributed by atoms with E-state index in [1.54, 1.807) is 18.5 Å². The molecule has 0 bridgehead atoms. The average molecular weight is 358 g/mol. The highest BCUT2D eigenvalue weighted by molar-refractivity contribution is 5.48. The van der Waals surface area contributed by atoms with Gasteiger partial charge >= 0.3 is 0 Å². The molecule has 0 saturated carbocycles. The molecule has 2 aromatic rings. The lowest BCUT2D eigenvalue weighted by atomic mass is 10.0. The fourth-order valence-corrected chi connectivity index (χ4v) is 3.46. The number of nitrogens with zero attached hydrogens (tertiary/aromatic N) is 3. The van der Waals surface area contributed by atoms with Gasteiger partial charge in [0.25, 0.3) is 0 Å². The van der Waals surface area contributed by atoms with Gasteiger partial charge in [0.1, 0.15) is 23.8 Å². The Balaban J connectivity index is 1.31. The van der Waals surface area contributed by atoms with E-state index >= 15 is 0 Å². The van der Waals surface area contributed by atoms with E-state index in [-0.39, 0.29) is 11.6 Å². The van der Waals surface area contributed by atoms with Crippen molar-refractivity contribution in [2.75, 3.05) is 43.1 Å². The third-order valence-corrected chi connectivity index (χ3v) is 4.95. The molecule has 0 aliphatic carbocycles. The summed E-state index contributed by atoms with van der Waals surface area (Å²) < 4.78 is 24.5. The van der Waals surface area contributed by atoms with Crippen molar-refractivity contribution >= 4 is 11.6 Å². The number of piperidine rings is 1. The van der Waals surface area contributed by atoms with Crippen molar-refractivity contribution in [3.8, 4) is 0 Å². The lowest BCUT2D eigenvalue weighted by molar-refractivity contribution is -0.169. The van der Waals surface area contributed by atoms with Crippen LogP contribution in [-0.4, -0.2) is 48.6 Å². The summed E-state index contributed by atoms with van der Waals surface area (Å²) in [7, 11) is 0. The van der Waals surface area contributed by atoms with Crippen molar-refractivity contribution < 1.29 is 13.9 Å². The Hall–Kier alpha value is -2.25. The van der Waals surface area contributed by atoms with Crippen LogP contribution in [0.2, 0.25) is 0 Å². The second-order valence-corrected chi connectivity index (χ2v) is 6.66. The number of hydrogen-bond acceptors (Lipinski definition) is 6. The summed E-state index contributed by atoms with van der Waals surface area (Å²) in [5.41, 5.74) is 1.09. The molecule has 6 nitrogen and oxygen atoms in total. The van der Waals surface area contributed by atoms with Crippen LogP contribution in [-0.2, 0) is 15.9 Å². The normalized spacial score (nSPS) is 19.0. The molecule has 0 unspecified atom stereocenters. The van der Waals surface area contributed by atoms with Crippen molar-refractivity contribution in [3.05, 3.63) is 48.0 Å². The van der Waals surface area contributed by atoms with E-state index in [1.165, 1.54) is 12.1 Å². The fourth-order valence-electron chi connectivity index (χ4n) is 3.46. The van der Waals surface area contributed by atoms with Gasteiger partial charge in [-0.25, -0.2) is 14.4 Å². The maximum Gasteiger partial charge on any atom is 0.171 e. The summed E-state index contributed by atoms with van der Waals surface area (Å²) in [5, 5.41) is 3.31. The van der Waals surface area contributed by atoms with Crippen LogP contribution in [0.15, 0.2) is 36.7 Å². The topological polar surface area (TPSA) is 59.5 Å². The molecule has 0 atom stereocenters. The summed E-state index contributed by atoms with van der Waals surface area (Å²) in [6.45, 7) is 3.82. The zero-order chi connectivity index (χ0) is 17.8. The number of aromatic nitrogens is 2. The molecule has 0 amide bonds. The Morgan fingerprint density at radius 3 is 2.54 bits per heavy atom. The molecule has 7 heteroatoms. The van der Waals surface area contributed by atoms with Crippen molar-refractivity contribution in [1.82, 2.24) is 9.97 Å². The van der Waals surface area contributed by atoms with Gasteiger partial charge in [0.2, 0.25) is 0 Å². The third-order valence-electron chi connectivity index (χ3n) is 4.95. The van der Waals surface area contributed by atoms with Gasteiger partial charge < -0.3 is 19.7 Å². The largest absolute Gasteiger partial charge is 0.370 e. The first-order valence-electron chi connectivity index (χ1n) is 9.06. The number of nitrogens with one attached hydrogen (secondary N) is 1. The first kappa shape index (κ1) is 17.2. The van der Waals surface area contributed by atoms with Crippen LogP contribution in [0.4, 0.5) is 16.0 Å². The molecule has 4 rings (SSSR count). The molecule has 2 fully saturated rings. The molecular formula is C19H23FN4O2. The van der Waals surface area contributed by atoms with Crippen molar-refractivity contribution in [2.45, 2.75) is 25.0 Å². The van der Waals surface area contributed by atoms with E-state index in [1.807, 2.05) is 6.07 Å². The lowest BCUT2D eigenvalue weighted by Gasteiger charge is -2.38. The predicted molar refractivity (Wildman–Crippen MR) is 96.7 cm³/mol. The number of rotatable bonds is 5. The molecule has 1 aromatic heterocycles. The van der Waals surface area contributed by atoms with Crippen LogP contribution >= 0.6 is 0 Å². The minimum absolute atomic E-state index is 0.209. The van der Waals surface area contributed by atoms with Crippen LogP contribution in [0.3, 0.4) is 0 Å². The lowest BCUT2D eigenvalue weighted by Crippen LogP contribution is -2.45. The number of ether oxygens (including phenoxy) is 2. The van der Waals surface area contributed by atoms with E-state index in [0.29, 0.717) is 13.2 Å². The van der Waals surface area contributed by atoms with Crippen LogP contribution in [0.25, 0.3) is 0 Å². The van der Waals surface area contributed by atoms with E-state index in [0.717, 1.165) is 56.1 Å². The SMILES string of the molecule is Fc1ccc(CCNc2cc(N3CCC4(CC3)OCCO4)ncn2)cc1. The maximum absolute atomic E-state index is 12.9. The van der Waals surface area contributed by atoms with Gasteiger partial charge in [0.05, 0.1) is 13.2 Å². The van der Waals surface area contributed by atoms with Crippen LogP contribution in [0.5, 0.6) is 0 Å². The quantitative estimate of drug-likeness (QED) is 0.887. The Labute approximate surface area is 152 Å². The summed E-state index contributed by atoms with van der Waals surface area (Å²) in [5.74, 6) is 1.13. The monoisotopic (exact) mass is 358 g/mol. The van der Waals surface area contributed by atoms with E-state index in [2.05, 4.69) is 20.2 Å². The first-order valence-corrected chi connectivity index (χ1v) is 9.06. The maximum atomic E-state index is 12.9. The van der Waals surface area contributed by atoms with Crippen molar-refractivity contribution in [3.63, 3.8) is 0 Å². The summed E-state index contributed by atoms with van der Waals surface area (Å²) in [6, 6.07) is 8.55. The molecule has 3 heterocycles. The molecule has 138 valence electrons. The molecule has 1 N–H and O–H groups in total. The van der Waals surface area contributed by atoms with Gasteiger partial charge in [-0.15, -0.1) is 0 Å². The molecule has 0 radical (unpaired) electrons.